The predicted molar refractivity (Wildman–Crippen MR) is 93.7 cm³/mol. The first-order valence-electron chi connectivity index (χ1n) is 7.54. The Morgan fingerprint density at radius 3 is 2.18 bits per heavy atom. The second kappa shape index (κ2) is 11.9. The summed E-state index contributed by atoms with van der Waals surface area (Å²) in [5.41, 5.74) is 5.64. The molecule has 0 spiro atoms. The van der Waals surface area contributed by atoms with Gasteiger partial charge in [0.05, 0.1) is 12.6 Å². The zero-order valence-electron chi connectivity index (χ0n) is 13.8. The molecular weight excluding hydrogens is 327 g/mol. The SMILES string of the molecule is CCN(CC)C(=O)CN1CCCN(C(=O)[C@@H](C)N)CC1.Cl.Cl. The Bertz CT molecular complexity index is 339. The molecule has 8 heteroatoms. The number of hydrogen-bond donors (Lipinski definition) is 1. The van der Waals surface area contributed by atoms with Crippen molar-refractivity contribution in [3.8, 4) is 0 Å². The van der Waals surface area contributed by atoms with Crippen LogP contribution < -0.4 is 5.73 Å². The average Bonchev–Trinajstić information content (AvgIpc) is 2.64. The van der Waals surface area contributed by atoms with Gasteiger partial charge in [0.2, 0.25) is 11.8 Å². The smallest absolute Gasteiger partial charge is 0.239 e. The first-order chi connectivity index (χ1) is 9.49. The molecule has 1 heterocycles. The Balaban J connectivity index is 0. The summed E-state index contributed by atoms with van der Waals surface area (Å²) in [5, 5.41) is 0. The molecule has 1 aliphatic rings. The van der Waals surface area contributed by atoms with Crippen LogP contribution in [-0.4, -0.2) is 78.4 Å². The van der Waals surface area contributed by atoms with E-state index >= 15 is 0 Å². The molecule has 1 rings (SSSR count). The van der Waals surface area contributed by atoms with Crippen LogP contribution in [0.5, 0.6) is 0 Å². The zero-order valence-corrected chi connectivity index (χ0v) is 15.4. The number of carbonyl (C=O) groups excluding carboxylic acids is 2. The molecule has 0 saturated carbocycles. The number of carbonyl (C=O) groups is 2. The van der Waals surface area contributed by atoms with Crippen molar-refractivity contribution in [3.63, 3.8) is 0 Å². The number of hydrogen-bond acceptors (Lipinski definition) is 4. The Morgan fingerprint density at radius 2 is 1.68 bits per heavy atom. The maximum Gasteiger partial charge on any atom is 0.239 e. The fraction of sp³-hybridized carbons (Fsp3) is 0.857. The fourth-order valence-electron chi connectivity index (χ4n) is 2.51. The van der Waals surface area contributed by atoms with E-state index in [2.05, 4.69) is 4.90 Å². The highest BCUT2D eigenvalue weighted by atomic mass is 35.5. The second-order valence-electron chi connectivity index (χ2n) is 5.31. The van der Waals surface area contributed by atoms with E-state index in [1.54, 1.807) is 6.92 Å². The molecule has 0 unspecified atom stereocenters. The standard InChI is InChI=1S/C14H28N4O2.2ClH/c1-4-17(5-2)13(19)11-16-7-6-8-18(10-9-16)14(20)12(3)15;;/h12H,4-11,15H2,1-3H3;2*1H/t12-;;/m1../s1. The van der Waals surface area contributed by atoms with Gasteiger partial charge < -0.3 is 15.5 Å². The summed E-state index contributed by atoms with van der Waals surface area (Å²) in [4.78, 5) is 29.8. The van der Waals surface area contributed by atoms with Gasteiger partial charge in [-0.25, -0.2) is 0 Å². The van der Waals surface area contributed by atoms with Gasteiger partial charge >= 0.3 is 0 Å². The van der Waals surface area contributed by atoms with Crippen LogP contribution in [0.2, 0.25) is 0 Å². The molecule has 0 aromatic heterocycles. The highest BCUT2D eigenvalue weighted by Crippen LogP contribution is 2.05. The van der Waals surface area contributed by atoms with E-state index in [1.807, 2.05) is 23.6 Å². The van der Waals surface area contributed by atoms with E-state index < -0.39 is 6.04 Å². The van der Waals surface area contributed by atoms with E-state index in [1.165, 1.54) is 0 Å². The molecule has 0 radical (unpaired) electrons. The molecule has 6 nitrogen and oxygen atoms in total. The van der Waals surface area contributed by atoms with Crippen LogP contribution in [-0.2, 0) is 9.59 Å². The molecular formula is C14H30Cl2N4O2. The van der Waals surface area contributed by atoms with E-state index in [0.29, 0.717) is 13.1 Å². The largest absolute Gasteiger partial charge is 0.342 e. The van der Waals surface area contributed by atoms with Crippen molar-refractivity contribution in [2.45, 2.75) is 33.2 Å². The van der Waals surface area contributed by atoms with Crippen molar-refractivity contribution >= 4 is 36.6 Å². The van der Waals surface area contributed by atoms with Gasteiger partial charge in [0, 0.05) is 39.3 Å². The highest BCUT2D eigenvalue weighted by Gasteiger charge is 2.23. The van der Waals surface area contributed by atoms with Crippen LogP contribution in [0.25, 0.3) is 0 Å². The van der Waals surface area contributed by atoms with Gasteiger partial charge in [-0.1, -0.05) is 0 Å². The van der Waals surface area contributed by atoms with Crippen LogP contribution in [0.3, 0.4) is 0 Å². The van der Waals surface area contributed by atoms with Crippen molar-refractivity contribution < 1.29 is 9.59 Å². The van der Waals surface area contributed by atoms with Gasteiger partial charge in [-0.2, -0.15) is 0 Å². The minimum atomic E-state index is -0.446. The lowest BCUT2D eigenvalue weighted by Gasteiger charge is -2.25. The van der Waals surface area contributed by atoms with Gasteiger partial charge in [0.1, 0.15) is 0 Å². The molecule has 22 heavy (non-hydrogen) atoms. The molecule has 1 aliphatic heterocycles. The molecule has 1 fully saturated rings. The zero-order chi connectivity index (χ0) is 15.1. The minimum Gasteiger partial charge on any atom is -0.342 e. The minimum absolute atomic E-state index is 0. The maximum absolute atomic E-state index is 12.1. The normalized spacial score (nSPS) is 16.8. The van der Waals surface area contributed by atoms with Crippen molar-refractivity contribution in [2.75, 3.05) is 45.8 Å². The molecule has 0 aromatic rings. The summed E-state index contributed by atoms with van der Waals surface area (Å²) in [6, 6.07) is -0.446. The van der Waals surface area contributed by atoms with Crippen LogP contribution in [0.4, 0.5) is 0 Å². The third-order valence-corrected chi connectivity index (χ3v) is 3.76. The number of likely N-dealkylation sites (N-methyl/N-ethyl adjacent to an activating group) is 1. The van der Waals surface area contributed by atoms with E-state index in [-0.39, 0.29) is 36.6 Å². The van der Waals surface area contributed by atoms with Gasteiger partial charge in [-0.05, 0) is 27.2 Å². The monoisotopic (exact) mass is 356 g/mol. The molecule has 1 saturated heterocycles. The van der Waals surface area contributed by atoms with Crippen molar-refractivity contribution in [3.05, 3.63) is 0 Å². The fourth-order valence-corrected chi connectivity index (χ4v) is 2.51. The second-order valence-corrected chi connectivity index (χ2v) is 5.31. The van der Waals surface area contributed by atoms with Gasteiger partial charge in [0.15, 0.2) is 0 Å². The van der Waals surface area contributed by atoms with E-state index in [4.69, 9.17) is 5.73 Å². The third kappa shape index (κ3) is 7.13. The van der Waals surface area contributed by atoms with Gasteiger partial charge in [0.25, 0.3) is 0 Å². The molecule has 1 atom stereocenters. The molecule has 0 aromatic carbocycles. The first kappa shape index (κ1) is 23.7. The van der Waals surface area contributed by atoms with Crippen LogP contribution >= 0.6 is 24.8 Å². The summed E-state index contributed by atoms with van der Waals surface area (Å²) in [6.07, 6.45) is 0.893. The number of nitrogens with zero attached hydrogens (tertiary/aromatic N) is 3. The molecule has 2 N–H and O–H groups in total. The Morgan fingerprint density at radius 1 is 1.09 bits per heavy atom. The molecule has 0 bridgehead atoms. The van der Waals surface area contributed by atoms with Crippen LogP contribution in [0.15, 0.2) is 0 Å². The van der Waals surface area contributed by atoms with Gasteiger partial charge in [-0.3, -0.25) is 14.5 Å². The number of rotatable bonds is 5. The van der Waals surface area contributed by atoms with Crippen molar-refractivity contribution in [1.29, 1.82) is 0 Å². The van der Waals surface area contributed by atoms with Gasteiger partial charge in [-0.15, -0.1) is 24.8 Å². The number of halogens is 2. The van der Waals surface area contributed by atoms with E-state index in [0.717, 1.165) is 39.1 Å². The van der Waals surface area contributed by atoms with Crippen LogP contribution in [0, 0.1) is 0 Å². The lowest BCUT2D eigenvalue weighted by Crippen LogP contribution is -2.44. The Labute approximate surface area is 146 Å². The molecule has 2 amide bonds. The predicted octanol–water partition coefficient (Wildman–Crippen LogP) is 0.580. The molecule has 0 aliphatic carbocycles. The topological polar surface area (TPSA) is 69.9 Å². The molecule has 132 valence electrons. The summed E-state index contributed by atoms with van der Waals surface area (Å²) < 4.78 is 0. The van der Waals surface area contributed by atoms with Crippen LogP contribution in [0.1, 0.15) is 27.2 Å². The highest BCUT2D eigenvalue weighted by molar-refractivity contribution is 5.85. The maximum atomic E-state index is 12.1. The summed E-state index contributed by atoms with van der Waals surface area (Å²) in [5.74, 6) is 0.170. The summed E-state index contributed by atoms with van der Waals surface area (Å²) >= 11 is 0. The quantitative estimate of drug-likeness (QED) is 0.782. The lowest BCUT2D eigenvalue weighted by atomic mass is 10.3. The van der Waals surface area contributed by atoms with Crippen molar-refractivity contribution in [1.82, 2.24) is 14.7 Å². The lowest BCUT2D eigenvalue weighted by molar-refractivity contribution is -0.132. The number of nitrogens with two attached hydrogens (primary N) is 1. The Hall–Kier alpha value is -0.560. The average molecular weight is 357 g/mol. The van der Waals surface area contributed by atoms with Crippen molar-refractivity contribution in [2.24, 2.45) is 5.73 Å². The first-order valence-corrected chi connectivity index (χ1v) is 7.54. The van der Waals surface area contributed by atoms with E-state index in [9.17, 15) is 9.59 Å². The summed E-state index contributed by atoms with van der Waals surface area (Å²) in [7, 11) is 0. The third-order valence-electron chi connectivity index (χ3n) is 3.76. The summed E-state index contributed by atoms with van der Waals surface area (Å²) in [6.45, 7) is 10.6. The number of amides is 2. The Kier molecular flexibility index (Phi) is 12.9.